The van der Waals surface area contributed by atoms with Crippen molar-refractivity contribution >= 4 is 50.1 Å². The van der Waals surface area contributed by atoms with Gasteiger partial charge in [-0.05, 0) is 63.5 Å². The molecule has 3 fully saturated rings. The molecule has 4 atom stereocenters. The zero-order valence-corrected chi connectivity index (χ0v) is 31.6. The first kappa shape index (κ1) is 36.1. The summed E-state index contributed by atoms with van der Waals surface area (Å²) in [6, 6.07) is 4.24. The highest BCUT2D eigenvalue weighted by molar-refractivity contribution is 7.91. The van der Waals surface area contributed by atoms with Crippen LogP contribution >= 0.6 is 11.3 Å². The van der Waals surface area contributed by atoms with Crippen molar-refractivity contribution < 1.29 is 32.3 Å². The molecule has 15 heteroatoms. The molecule has 4 amide bonds. The number of nitrogens with one attached hydrogen (secondary N) is 3. The number of allylic oxidation sites excluding steroid dienone is 1. The van der Waals surface area contributed by atoms with Gasteiger partial charge in [0.05, 0.1) is 30.1 Å². The molecule has 1 aromatic carbocycles. The Hall–Kier alpha value is -4.24. The van der Waals surface area contributed by atoms with Crippen LogP contribution < -0.4 is 24.8 Å². The average Bonchev–Trinajstić information content (AvgIpc) is 3.98. The standard InChI is InChI=1S/C37H46N6O7S2/c1-21(2)28-20-51-34(40-28)27-17-31(26-13-14-30(49-4)22(3)32(26)39-27)50-24-16-29-33(44)41-37(35(45)42-52(47,48)25-11-12-25)18-23(37)10-8-6-5-7-9-15-38-36(46)43(29)19-24/h8,10,13-14,17,20-21,23-25,29H,5-7,9,11-12,15-16,18-19H2,1-4H3,(H,38,46)(H,41,44)(H,42,45)/t23-,24-,29+,37-/m1/s1. The van der Waals surface area contributed by atoms with Gasteiger partial charge in [-0.2, -0.15) is 0 Å². The van der Waals surface area contributed by atoms with Gasteiger partial charge in [0.25, 0.3) is 5.91 Å². The molecule has 278 valence electrons. The molecule has 7 rings (SSSR count). The van der Waals surface area contributed by atoms with E-state index in [1.54, 1.807) is 7.11 Å². The van der Waals surface area contributed by atoms with E-state index < -0.39 is 50.8 Å². The molecule has 2 aromatic heterocycles. The number of aromatic nitrogens is 2. The first-order valence-electron chi connectivity index (χ1n) is 18.1. The number of pyridine rings is 1. The summed E-state index contributed by atoms with van der Waals surface area (Å²) in [4.78, 5) is 52.7. The predicted octanol–water partition coefficient (Wildman–Crippen LogP) is 4.94. The van der Waals surface area contributed by atoms with E-state index in [9.17, 15) is 22.8 Å². The Morgan fingerprint density at radius 2 is 1.94 bits per heavy atom. The zero-order chi connectivity index (χ0) is 36.8. The fourth-order valence-electron chi connectivity index (χ4n) is 7.10. The minimum absolute atomic E-state index is 0.117. The number of urea groups is 1. The van der Waals surface area contributed by atoms with Gasteiger partial charge in [0.15, 0.2) is 0 Å². The highest BCUT2D eigenvalue weighted by Crippen LogP contribution is 2.46. The molecule has 2 aliphatic carbocycles. The second-order valence-electron chi connectivity index (χ2n) is 14.6. The Labute approximate surface area is 308 Å². The van der Waals surface area contributed by atoms with E-state index >= 15 is 0 Å². The van der Waals surface area contributed by atoms with Gasteiger partial charge in [-0.1, -0.05) is 32.4 Å². The maximum Gasteiger partial charge on any atom is 0.318 e. The Morgan fingerprint density at radius 1 is 1.13 bits per heavy atom. The van der Waals surface area contributed by atoms with Gasteiger partial charge in [-0.15, -0.1) is 11.3 Å². The third kappa shape index (κ3) is 7.21. The van der Waals surface area contributed by atoms with E-state index in [-0.39, 0.29) is 31.2 Å². The molecule has 0 unspecified atom stereocenters. The fraction of sp³-hybridized carbons (Fsp3) is 0.541. The second-order valence-corrected chi connectivity index (χ2v) is 17.4. The SMILES string of the molecule is COc1ccc2c(O[C@@H]3C[C@H]4C(=O)N[C@]5(C(=O)NS(=O)(=O)C6CC6)C[C@H]5C=CCCCCCNC(=O)N4C3)cc(-c3nc(C(C)C)cs3)nc2c1C. The fourth-order valence-corrected chi connectivity index (χ4v) is 9.40. The number of sulfonamides is 1. The number of rotatable bonds is 8. The third-order valence-corrected chi connectivity index (χ3v) is 13.2. The Kier molecular flexibility index (Phi) is 9.93. The van der Waals surface area contributed by atoms with Crippen molar-refractivity contribution in [3.63, 3.8) is 0 Å². The molecule has 4 heterocycles. The first-order chi connectivity index (χ1) is 24.9. The van der Waals surface area contributed by atoms with Crippen molar-refractivity contribution in [3.8, 4) is 22.2 Å². The Bertz CT molecular complexity index is 2030. The van der Waals surface area contributed by atoms with Crippen LogP contribution in [-0.2, 0) is 19.6 Å². The number of hydrogen-bond acceptors (Lipinski definition) is 10. The first-order valence-corrected chi connectivity index (χ1v) is 20.5. The third-order valence-electron chi connectivity index (χ3n) is 10.5. The minimum Gasteiger partial charge on any atom is -0.496 e. The van der Waals surface area contributed by atoms with E-state index in [4.69, 9.17) is 19.4 Å². The number of ether oxygens (including phenoxy) is 2. The molecular weight excluding hydrogens is 705 g/mol. The lowest BCUT2D eigenvalue weighted by Crippen LogP contribution is -2.57. The number of carbonyl (C=O) groups is 3. The van der Waals surface area contributed by atoms with Crippen molar-refractivity contribution in [2.45, 2.75) is 101 Å². The molecule has 3 aromatic rings. The molecular formula is C37H46N6O7S2. The summed E-state index contributed by atoms with van der Waals surface area (Å²) in [7, 11) is -2.23. The number of fused-ring (bicyclic) bond motifs is 3. The van der Waals surface area contributed by atoms with Gasteiger partial charge in [0.2, 0.25) is 15.9 Å². The molecule has 2 aliphatic heterocycles. The van der Waals surface area contributed by atoms with Crippen LogP contribution in [0.1, 0.15) is 82.4 Å². The zero-order valence-electron chi connectivity index (χ0n) is 29.9. The van der Waals surface area contributed by atoms with Crippen LogP contribution in [0.2, 0.25) is 0 Å². The largest absolute Gasteiger partial charge is 0.496 e. The van der Waals surface area contributed by atoms with Gasteiger partial charge < -0.3 is 25.0 Å². The van der Waals surface area contributed by atoms with E-state index in [1.165, 1.54) is 16.2 Å². The summed E-state index contributed by atoms with van der Waals surface area (Å²) in [5.41, 5.74) is 1.71. The van der Waals surface area contributed by atoms with Gasteiger partial charge >= 0.3 is 6.03 Å². The number of hydrogen-bond donors (Lipinski definition) is 3. The summed E-state index contributed by atoms with van der Waals surface area (Å²) in [5.74, 6) is -0.167. The van der Waals surface area contributed by atoms with Crippen molar-refractivity contribution in [1.29, 1.82) is 0 Å². The van der Waals surface area contributed by atoms with Crippen LogP contribution in [-0.4, -0.2) is 84.3 Å². The van der Waals surface area contributed by atoms with Gasteiger partial charge in [0.1, 0.15) is 39.9 Å². The molecule has 1 saturated heterocycles. The number of thiazole rings is 1. The van der Waals surface area contributed by atoms with E-state index in [1.807, 2.05) is 42.7 Å². The van der Waals surface area contributed by atoms with Gasteiger partial charge in [-0.25, -0.2) is 23.2 Å². The topological polar surface area (TPSA) is 169 Å². The molecule has 2 saturated carbocycles. The Balaban J connectivity index is 1.20. The Morgan fingerprint density at radius 3 is 2.67 bits per heavy atom. The number of methoxy groups -OCH3 is 1. The molecule has 13 nitrogen and oxygen atoms in total. The van der Waals surface area contributed by atoms with Gasteiger partial charge in [-0.3, -0.25) is 14.3 Å². The van der Waals surface area contributed by atoms with Crippen molar-refractivity contribution in [2.75, 3.05) is 20.2 Å². The van der Waals surface area contributed by atoms with Crippen LogP contribution in [0.5, 0.6) is 11.5 Å². The van der Waals surface area contributed by atoms with Gasteiger partial charge in [0, 0.05) is 41.3 Å². The second kappa shape index (κ2) is 14.3. The number of benzene rings is 1. The van der Waals surface area contributed by atoms with Crippen molar-refractivity contribution in [1.82, 2.24) is 30.2 Å². The summed E-state index contributed by atoms with van der Waals surface area (Å²) >= 11 is 1.50. The lowest BCUT2D eigenvalue weighted by molar-refractivity contribution is -0.131. The lowest BCUT2D eigenvalue weighted by Gasteiger charge is -2.26. The molecule has 0 radical (unpaired) electrons. The maximum absolute atomic E-state index is 14.2. The molecule has 52 heavy (non-hydrogen) atoms. The van der Waals surface area contributed by atoms with Crippen LogP contribution in [0.25, 0.3) is 21.6 Å². The predicted molar refractivity (Wildman–Crippen MR) is 198 cm³/mol. The summed E-state index contributed by atoms with van der Waals surface area (Å²) in [6.07, 6.45) is 8.09. The summed E-state index contributed by atoms with van der Waals surface area (Å²) in [5, 5.41) is 8.81. The smallest absolute Gasteiger partial charge is 0.318 e. The highest BCUT2D eigenvalue weighted by atomic mass is 32.2. The van der Waals surface area contributed by atoms with Crippen molar-refractivity contribution in [2.24, 2.45) is 5.92 Å². The van der Waals surface area contributed by atoms with Crippen LogP contribution in [0.15, 0.2) is 35.7 Å². The number of carbonyl (C=O) groups excluding carboxylic acids is 3. The van der Waals surface area contributed by atoms with Crippen molar-refractivity contribution in [3.05, 3.63) is 47.0 Å². The lowest BCUT2D eigenvalue weighted by atomic mass is 10.1. The van der Waals surface area contributed by atoms with E-state index in [2.05, 4.69) is 29.2 Å². The normalized spacial score (nSPS) is 25.4. The highest BCUT2D eigenvalue weighted by Gasteiger charge is 2.62. The number of amides is 4. The van der Waals surface area contributed by atoms with E-state index in [0.717, 1.165) is 47.3 Å². The quantitative estimate of drug-likeness (QED) is 0.270. The van der Waals surface area contributed by atoms with Crippen LogP contribution in [0.3, 0.4) is 0 Å². The molecule has 0 bridgehead atoms. The minimum atomic E-state index is -3.84. The number of nitrogens with zero attached hydrogens (tertiary/aromatic N) is 3. The monoisotopic (exact) mass is 750 g/mol. The summed E-state index contributed by atoms with van der Waals surface area (Å²) < 4.78 is 40.1. The summed E-state index contributed by atoms with van der Waals surface area (Å²) in [6.45, 7) is 6.69. The average molecular weight is 751 g/mol. The maximum atomic E-state index is 14.2. The van der Waals surface area contributed by atoms with E-state index in [0.29, 0.717) is 42.1 Å². The molecule has 3 N–H and O–H groups in total. The van der Waals surface area contributed by atoms with Crippen LogP contribution in [0, 0.1) is 12.8 Å². The molecule has 4 aliphatic rings. The van der Waals surface area contributed by atoms with Crippen LogP contribution in [0.4, 0.5) is 4.79 Å². The number of aryl methyl sites for hydroxylation is 1. The molecule has 0 spiro atoms.